The minimum absolute atomic E-state index is 0. The number of rotatable bonds is 5. The van der Waals surface area contributed by atoms with E-state index >= 15 is 0 Å². The van der Waals surface area contributed by atoms with Gasteiger partial charge in [-0.1, -0.05) is 22.0 Å². The molecule has 0 amide bonds. The van der Waals surface area contributed by atoms with Crippen LogP contribution in [0.1, 0.15) is 19.0 Å². The first-order valence-electron chi connectivity index (χ1n) is 8.70. The molecule has 0 saturated carbocycles. The van der Waals surface area contributed by atoms with Crippen LogP contribution in [0.25, 0.3) is 0 Å². The Balaban J connectivity index is 0.00000243. The van der Waals surface area contributed by atoms with Gasteiger partial charge in [-0.15, -0.1) is 24.0 Å². The fourth-order valence-electron chi connectivity index (χ4n) is 2.93. The Kier molecular flexibility index (Phi) is 8.64. The van der Waals surface area contributed by atoms with Gasteiger partial charge in [0.05, 0.1) is 12.2 Å². The van der Waals surface area contributed by atoms with E-state index in [1.807, 2.05) is 18.2 Å². The van der Waals surface area contributed by atoms with Gasteiger partial charge in [0.15, 0.2) is 5.96 Å². The van der Waals surface area contributed by atoms with Gasteiger partial charge in [0.25, 0.3) is 0 Å². The molecule has 1 fully saturated rings. The van der Waals surface area contributed by atoms with Gasteiger partial charge in [0, 0.05) is 42.0 Å². The zero-order valence-electron chi connectivity index (χ0n) is 14.9. The van der Waals surface area contributed by atoms with Crippen molar-refractivity contribution in [2.24, 2.45) is 4.99 Å². The lowest BCUT2D eigenvalue weighted by Gasteiger charge is -2.20. The molecule has 0 aliphatic carbocycles. The van der Waals surface area contributed by atoms with E-state index in [-0.39, 0.29) is 24.0 Å². The lowest BCUT2D eigenvalue weighted by Crippen LogP contribution is -2.44. The summed E-state index contributed by atoms with van der Waals surface area (Å²) in [5.41, 5.74) is 2.24. The number of guanidine groups is 1. The first-order chi connectivity index (χ1) is 12.2. The van der Waals surface area contributed by atoms with Crippen LogP contribution in [0.3, 0.4) is 0 Å². The van der Waals surface area contributed by atoms with E-state index in [9.17, 15) is 0 Å². The monoisotopic (exact) mass is 529 g/mol. The number of nitrogens with zero attached hydrogens (tertiary/aromatic N) is 3. The molecule has 1 unspecified atom stereocenters. The summed E-state index contributed by atoms with van der Waals surface area (Å²) in [6, 6.07) is 14.8. The van der Waals surface area contributed by atoms with E-state index in [0.717, 1.165) is 42.2 Å². The van der Waals surface area contributed by atoms with Gasteiger partial charge >= 0.3 is 0 Å². The quantitative estimate of drug-likeness (QED) is 0.351. The lowest BCUT2D eigenvalue weighted by atomic mass is 10.2. The number of pyridine rings is 1. The highest BCUT2D eigenvalue weighted by Crippen LogP contribution is 2.22. The van der Waals surface area contributed by atoms with Crippen LogP contribution in [-0.2, 0) is 6.54 Å². The van der Waals surface area contributed by atoms with E-state index in [1.54, 1.807) is 6.20 Å². The molecular formula is C19H25BrIN5. The van der Waals surface area contributed by atoms with Crippen LogP contribution in [0, 0.1) is 0 Å². The third-order valence-electron chi connectivity index (χ3n) is 4.19. The summed E-state index contributed by atoms with van der Waals surface area (Å²) in [4.78, 5) is 11.4. The van der Waals surface area contributed by atoms with Crippen LogP contribution in [0.5, 0.6) is 0 Å². The van der Waals surface area contributed by atoms with Crippen LogP contribution in [0.4, 0.5) is 5.69 Å². The van der Waals surface area contributed by atoms with E-state index in [1.165, 1.54) is 5.69 Å². The fourth-order valence-corrected chi connectivity index (χ4v) is 3.19. The van der Waals surface area contributed by atoms with Crippen LogP contribution >= 0.6 is 39.9 Å². The molecule has 5 nitrogen and oxygen atoms in total. The number of hydrogen-bond acceptors (Lipinski definition) is 3. The highest BCUT2D eigenvalue weighted by molar-refractivity contribution is 14.0. The standard InChI is InChI=1S/C19H24BrN5.HI/c1-2-21-19(23-13-16-5-3-4-11-22-16)24-17-10-12-25(14-17)18-8-6-15(20)7-9-18;/h3-9,11,17H,2,10,12-14H2,1H3,(H2,21,23,24);1H. The van der Waals surface area contributed by atoms with Gasteiger partial charge in [0.1, 0.15) is 0 Å². The number of hydrogen-bond donors (Lipinski definition) is 2. The number of halogens is 2. The molecule has 0 bridgehead atoms. The predicted molar refractivity (Wildman–Crippen MR) is 122 cm³/mol. The SMILES string of the molecule is CCNC(=NCc1ccccn1)NC1CCN(c2ccc(Br)cc2)C1.I. The van der Waals surface area contributed by atoms with Crippen molar-refractivity contribution in [3.63, 3.8) is 0 Å². The van der Waals surface area contributed by atoms with Gasteiger partial charge in [-0.3, -0.25) is 4.98 Å². The van der Waals surface area contributed by atoms with Crippen molar-refractivity contribution in [3.05, 3.63) is 58.8 Å². The Morgan fingerprint density at radius 1 is 1.27 bits per heavy atom. The van der Waals surface area contributed by atoms with Gasteiger partial charge < -0.3 is 15.5 Å². The smallest absolute Gasteiger partial charge is 0.191 e. The number of aromatic nitrogens is 1. The maximum absolute atomic E-state index is 4.66. The zero-order chi connectivity index (χ0) is 17.5. The molecule has 1 saturated heterocycles. The molecule has 0 spiro atoms. The summed E-state index contributed by atoms with van der Waals surface area (Å²) in [7, 11) is 0. The number of benzene rings is 1. The second-order valence-corrected chi connectivity index (χ2v) is 6.98. The van der Waals surface area contributed by atoms with Crippen LogP contribution in [0.2, 0.25) is 0 Å². The van der Waals surface area contributed by atoms with Crippen LogP contribution in [-0.4, -0.2) is 36.6 Å². The van der Waals surface area contributed by atoms with Gasteiger partial charge in [-0.25, -0.2) is 4.99 Å². The molecule has 2 aromatic rings. The van der Waals surface area contributed by atoms with E-state index in [0.29, 0.717) is 12.6 Å². The topological polar surface area (TPSA) is 52.6 Å². The van der Waals surface area contributed by atoms with E-state index in [4.69, 9.17) is 0 Å². The van der Waals surface area contributed by atoms with Gasteiger partial charge in [0.2, 0.25) is 0 Å². The first kappa shape index (κ1) is 21.0. The van der Waals surface area contributed by atoms with Crippen LogP contribution < -0.4 is 15.5 Å². The van der Waals surface area contributed by atoms with Crippen molar-refractivity contribution in [2.75, 3.05) is 24.5 Å². The first-order valence-corrected chi connectivity index (χ1v) is 9.49. The summed E-state index contributed by atoms with van der Waals surface area (Å²) in [6.07, 6.45) is 2.91. The van der Waals surface area contributed by atoms with Gasteiger partial charge in [-0.2, -0.15) is 0 Å². The molecule has 7 heteroatoms. The predicted octanol–water partition coefficient (Wildman–Crippen LogP) is 3.80. The maximum atomic E-state index is 4.66. The summed E-state index contributed by atoms with van der Waals surface area (Å²) in [5, 5.41) is 6.89. The average Bonchev–Trinajstić information content (AvgIpc) is 3.10. The normalized spacial score (nSPS) is 16.9. The number of anilines is 1. The lowest BCUT2D eigenvalue weighted by molar-refractivity contribution is 0.649. The second kappa shape index (κ2) is 10.7. The molecule has 0 radical (unpaired) electrons. The third kappa shape index (κ3) is 6.12. The summed E-state index contributed by atoms with van der Waals surface area (Å²) in [5.74, 6) is 0.857. The van der Waals surface area contributed by atoms with Crippen molar-refractivity contribution < 1.29 is 0 Å². The van der Waals surface area contributed by atoms with Crippen molar-refractivity contribution in [2.45, 2.75) is 25.9 Å². The molecule has 1 aliphatic heterocycles. The molecule has 2 heterocycles. The molecule has 140 valence electrons. The largest absolute Gasteiger partial charge is 0.369 e. The Labute approximate surface area is 180 Å². The highest BCUT2D eigenvalue weighted by atomic mass is 127. The Morgan fingerprint density at radius 2 is 2.08 bits per heavy atom. The minimum atomic E-state index is 0. The van der Waals surface area contributed by atoms with Crippen molar-refractivity contribution in [3.8, 4) is 0 Å². The molecule has 1 aromatic heterocycles. The van der Waals surface area contributed by atoms with Crippen LogP contribution in [0.15, 0.2) is 58.1 Å². The number of nitrogens with one attached hydrogen (secondary N) is 2. The molecule has 1 aromatic carbocycles. The molecule has 26 heavy (non-hydrogen) atoms. The zero-order valence-corrected chi connectivity index (χ0v) is 18.8. The molecule has 2 N–H and O–H groups in total. The Morgan fingerprint density at radius 3 is 2.77 bits per heavy atom. The highest BCUT2D eigenvalue weighted by Gasteiger charge is 2.23. The van der Waals surface area contributed by atoms with E-state index in [2.05, 4.69) is 72.6 Å². The third-order valence-corrected chi connectivity index (χ3v) is 4.72. The van der Waals surface area contributed by atoms with Crippen molar-refractivity contribution >= 4 is 51.6 Å². The molecular weight excluding hydrogens is 505 g/mol. The maximum Gasteiger partial charge on any atom is 0.191 e. The average molecular weight is 530 g/mol. The Hall–Kier alpha value is -1.35. The summed E-state index contributed by atoms with van der Waals surface area (Å²) >= 11 is 3.49. The molecule has 3 rings (SSSR count). The minimum Gasteiger partial charge on any atom is -0.369 e. The Bertz CT molecular complexity index is 693. The number of aliphatic imine (C=N–C) groups is 1. The summed E-state index contributed by atoms with van der Waals surface area (Å²) in [6.45, 7) is 5.55. The second-order valence-electron chi connectivity index (χ2n) is 6.07. The van der Waals surface area contributed by atoms with Crippen molar-refractivity contribution in [1.29, 1.82) is 0 Å². The van der Waals surface area contributed by atoms with Crippen molar-refractivity contribution in [1.82, 2.24) is 15.6 Å². The van der Waals surface area contributed by atoms with E-state index < -0.39 is 0 Å². The summed E-state index contributed by atoms with van der Waals surface area (Å²) < 4.78 is 1.11. The molecule has 1 atom stereocenters. The fraction of sp³-hybridized carbons (Fsp3) is 0.368. The van der Waals surface area contributed by atoms with Gasteiger partial charge in [-0.05, 0) is 49.7 Å². The molecule has 1 aliphatic rings.